The molecule has 1 amide bonds. The summed E-state index contributed by atoms with van der Waals surface area (Å²) in [6.07, 6.45) is 2.75. The third-order valence-corrected chi connectivity index (χ3v) is 6.14. The SMILES string of the molecule is CCCCn1c(SCC(=O)Nc2ccc(CC)cc2)nc2c(oc3ccccc32)c1=O. The summed E-state index contributed by atoms with van der Waals surface area (Å²) in [6, 6.07) is 15.3. The highest BCUT2D eigenvalue weighted by molar-refractivity contribution is 7.99. The predicted molar refractivity (Wildman–Crippen MR) is 126 cm³/mol. The fourth-order valence-corrected chi connectivity index (χ4v) is 4.25. The summed E-state index contributed by atoms with van der Waals surface area (Å²) < 4.78 is 7.43. The summed E-state index contributed by atoms with van der Waals surface area (Å²) in [4.78, 5) is 30.4. The molecule has 160 valence electrons. The van der Waals surface area contributed by atoms with Crippen LogP contribution in [0, 0.1) is 0 Å². The minimum absolute atomic E-state index is 0.136. The fraction of sp³-hybridized carbons (Fsp3) is 0.292. The van der Waals surface area contributed by atoms with Crippen LogP contribution in [0.25, 0.3) is 22.1 Å². The Labute approximate surface area is 184 Å². The molecule has 4 aromatic rings. The van der Waals surface area contributed by atoms with Gasteiger partial charge in [0.05, 0.1) is 5.75 Å². The van der Waals surface area contributed by atoms with Crippen molar-refractivity contribution in [1.82, 2.24) is 9.55 Å². The van der Waals surface area contributed by atoms with Gasteiger partial charge in [0.2, 0.25) is 11.5 Å². The summed E-state index contributed by atoms with van der Waals surface area (Å²) in [7, 11) is 0. The zero-order valence-corrected chi connectivity index (χ0v) is 18.5. The second-order valence-corrected chi connectivity index (χ2v) is 8.31. The summed E-state index contributed by atoms with van der Waals surface area (Å²) in [6.45, 7) is 4.70. The van der Waals surface area contributed by atoms with E-state index in [4.69, 9.17) is 9.40 Å². The summed E-state index contributed by atoms with van der Waals surface area (Å²) in [5, 5.41) is 4.25. The van der Waals surface area contributed by atoms with E-state index in [1.54, 1.807) is 4.57 Å². The van der Waals surface area contributed by atoms with Crippen LogP contribution < -0.4 is 10.9 Å². The number of furan rings is 1. The molecule has 31 heavy (non-hydrogen) atoms. The number of nitrogens with one attached hydrogen (secondary N) is 1. The highest BCUT2D eigenvalue weighted by atomic mass is 32.2. The summed E-state index contributed by atoms with van der Waals surface area (Å²) in [5.41, 5.74) is 3.23. The van der Waals surface area contributed by atoms with Crippen molar-refractivity contribution in [2.45, 2.75) is 44.8 Å². The summed E-state index contributed by atoms with van der Waals surface area (Å²) >= 11 is 1.27. The van der Waals surface area contributed by atoms with Gasteiger partial charge in [-0.15, -0.1) is 0 Å². The lowest BCUT2D eigenvalue weighted by molar-refractivity contribution is -0.113. The second kappa shape index (κ2) is 9.39. The molecule has 0 atom stereocenters. The molecule has 4 rings (SSSR count). The van der Waals surface area contributed by atoms with Crippen LogP contribution in [-0.4, -0.2) is 21.2 Å². The van der Waals surface area contributed by atoms with Crippen molar-refractivity contribution in [2.24, 2.45) is 0 Å². The molecule has 0 aliphatic heterocycles. The molecule has 2 heterocycles. The monoisotopic (exact) mass is 435 g/mol. The van der Waals surface area contributed by atoms with E-state index in [0.717, 1.165) is 30.3 Å². The molecular weight excluding hydrogens is 410 g/mol. The van der Waals surface area contributed by atoms with E-state index in [1.807, 2.05) is 48.5 Å². The zero-order chi connectivity index (χ0) is 21.8. The molecule has 0 fully saturated rings. The van der Waals surface area contributed by atoms with Gasteiger partial charge in [0.15, 0.2) is 5.16 Å². The van der Waals surface area contributed by atoms with Gasteiger partial charge in [0.25, 0.3) is 5.56 Å². The number of nitrogens with zero attached hydrogens (tertiary/aromatic N) is 2. The molecule has 2 aromatic carbocycles. The van der Waals surface area contributed by atoms with Crippen LogP contribution in [0.15, 0.2) is 62.9 Å². The number of aromatic nitrogens is 2. The molecule has 0 saturated heterocycles. The Bertz CT molecular complexity index is 1280. The van der Waals surface area contributed by atoms with E-state index >= 15 is 0 Å². The van der Waals surface area contributed by atoms with Gasteiger partial charge in [-0.25, -0.2) is 4.98 Å². The molecular formula is C24H25N3O3S. The van der Waals surface area contributed by atoms with E-state index in [1.165, 1.54) is 17.3 Å². The van der Waals surface area contributed by atoms with E-state index < -0.39 is 0 Å². The van der Waals surface area contributed by atoms with Crippen LogP contribution in [0.5, 0.6) is 0 Å². The maximum Gasteiger partial charge on any atom is 0.297 e. The molecule has 0 spiro atoms. The Morgan fingerprint density at radius 3 is 2.65 bits per heavy atom. The lowest BCUT2D eigenvalue weighted by Gasteiger charge is -2.11. The van der Waals surface area contributed by atoms with Crippen molar-refractivity contribution >= 4 is 45.4 Å². The van der Waals surface area contributed by atoms with Crippen molar-refractivity contribution in [3.05, 3.63) is 64.4 Å². The van der Waals surface area contributed by atoms with Crippen molar-refractivity contribution in [1.29, 1.82) is 0 Å². The Hall–Kier alpha value is -3.06. The molecule has 0 bridgehead atoms. The van der Waals surface area contributed by atoms with E-state index in [-0.39, 0.29) is 22.8 Å². The van der Waals surface area contributed by atoms with Gasteiger partial charge >= 0.3 is 0 Å². The molecule has 0 unspecified atom stereocenters. The maximum atomic E-state index is 13.1. The Kier molecular flexibility index (Phi) is 6.42. The number of anilines is 1. The van der Waals surface area contributed by atoms with Crippen LogP contribution in [0.3, 0.4) is 0 Å². The van der Waals surface area contributed by atoms with Gasteiger partial charge in [0, 0.05) is 17.6 Å². The third kappa shape index (κ3) is 4.51. The number of thioether (sulfide) groups is 1. The predicted octanol–water partition coefficient (Wildman–Crippen LogP) is 5.24. The molecule has 0 aliphatic carbocycles. The average molecular weight is 436 g/mol. The van der Waals surface area contributed by atoms with Crippen molar-refractivity contribution in [2.75, 3.05) is 11.1 Å². The number of carbonyl (C=O) groups excluding carboxylic acids is 1. The van der Waals surface area contributed by atoms with Crippen LogP contribution in [0.4, 0.5) is 5.69 Å². The van der Waals surface area contributed by atoms with Gasteiger partial charge < -0.3 is 9.73 Å². The smallest absolute Gasteiger partial charge is 0.297 e. The van der Waals surface area contributed by atoms with Crippen molar-refractivity contribution in [3.8, 4) is 0 Å². The number of unbranched alkanes of at least 4 members (excludes halogenated alkanes) is 1. The molecule has 6 nitrogen and oxygen atoms in total. The quantitative estimate of drug-likeness (QED) is 0.303. The van der Waals surface area contributed by atoms with E-state index in [0.29, 0.717) is 22.8 Å². The highest BCUT2D eigenvalue weighted by Gasteiger charge is 2.18. The molecule has 1 N–H and O–H groups in total. The number of para-hydroxylation sites is 1. The lowest BCUT2D eigenvalue weighted by Crippen LogP contribution is -2.24. The van der Waals surface area contributed by atoms with Crippen molar-refractivity contribution < 1.29 is 9.21 Å². The highest BCUT2D eigenvalue weighted by Crippen LogP contribution is 2.27. The van der Waals surface area contributed by atoms with E-state index in [9.17, 15) is 9.59 Å². The lowest BCUT2D eigenvalue weighted by atomic mass is 10.1. The number of fused-ring (bicyclic) bond motifs is 3. The van der Waals surface area contributed by atoms with Gasteiger partial charge in [-0.2, -0.15) is 0 Å². The van der Waals surface area contributed by atoms with Crippen LogP contribution in [0.2, 0.25) is 0 Å². The first-order valence-electron chi connectivity index (χ1n) is 10.5. The van der Waals surface area contributed by atoms with Gasteiger partial charge in [0.1, 0.15) is 11.1 Å². The van der Waals surface area contributed by atoms with Gasteiger partial charge in [-0.1, -0.05) is 56.3 Å². The topological polar surface area (TPSA) is 77.1 Å². The first kappa shape index (κ1) is 21.2. The number of amides is 1. The molecule has 0 radical (unpaired) electrons. The number of carbonyl (C=O) groups is 1. The molecule has 7 heteroatoms. The Balaban J connectivity index is 1.60. The zero-order valence-electron chi connectivity index (χ0n) is 17.7. The normalized spacial score (nSPS) is 11.3. The number of aryl methyl sites for hydroxylation is 1. The van der Waals surface area contributed by atoms with E-state index in [2.05, 4.69) is 19.2 Å². The summed E-state index contributed by atoms with van der Waals surface area (Å²) in [5.74, 6) is 0.0257. The number of hydrogen-bond acceptors (Lipinski definition) is 5. The standard InChI is InChI=1S/C24H25N3O3S/c1-3-5-14-27-23(29)22-21(18-8-6-7-9-19(18)30-22)26-24(27)31-15-20(28)25-17-12-10-16(4-2)11-13-17/h6-13H,3-5,14-15H2,1-2H3,(H,25,28). The second-order valence-electron chi connectivity index (χ2n) is 7.37. The minimum atomic E-state index is -0.201. The van der Waals surface area contributed by atoms with Crippen molar-refractivity contribution in [3.63, 3.8) is 0 Å². The average Bonchev–Trinajstić information content (AvgIpc) is 3.17. The third-order valence-electron chi connectivity index (χ3n) is 5.16. The molecule has 2 aromatic heterocycles. The Morgan fingerprint density at radius 2 is 1.90 bits per heavy atom. The number of rotatable bonds is 8. The minimum Gasteiger partial charge on any atom is -0.448 e. The van der Waals surface area contributed by atoms with Gasteiger partial charge in [-0.05, 0) is 42.7 Å². The number of hydrogen-bond donors (Lipinski definition) is 1. The molecule has 0 saturated carbocycles. The molecule has 0 aliphatic rings. The van der Waals surface area contributed by atoms with Crippen LogP contribution in [0.1, 0.15) is 32.3 Å². The first-order valence-corrected chi connectivity index (χ1v) is 11.5. The van der Waals surface area contributed by atoms with Crippen LogP contribution in [-0.2, 0) is 17.8 Å². The maximum absolute atomic E-state index is 13.1. The number of benzene rings is 2. The van der Waals surface area contributed by atoms with Gasteiger partial charge in [-0.3, -0.25) is 14.2 Å². The Morgan fingerprint density at radius 1 is 1.13 bits per heavy atom. The van der Waals surface area contributed by atoms with Crippen LogP contribution >= 0.6 is 11.8 Å². The largest absolute Gasteiger partial charge is 0.448 e. The fourth-order valence-electron chi connectivity index (χ4n) is 3.43. The first-order chi connectivity index (χ1) is 15.1.